The van der Waals surface area contributed by atoms with E-state index in [1.807, 2.05) is 0 Å². The molecule has 11 aromatic carbocycles. The Labute approximate surface area is 356 Å². The summed E-state index contributed by atoms with van der Waals surface area (Å²) in [5, 5.41) is 16.2. The number of fused-ring (bicyclic) bond motifs is 14. The molecule has 61 heavy (non-hydrogen) atoms. The van der Waals surface area contributed by atoms with Crippen molar-refractivity contribution in [2.45, 2.75) is 38.0 Å². The zero-order valence-electron chi connectivity index (χ0n) is 34.5. The first-order valence-electron chi connectivity index (χ1n) is 22.0. The first kappa shape index (κ1) is 34.8. The third-order valence-corrected chi connectivity index (χ3v) is 15.0. The van der Waals surface area contributed by atoms with Gasteiger partial charge in [-0.1, -0.05) is 202 Å². The molecule has 0 saturated carbocycles. The molecule has 2 atom stereocenters. The number of benzene rings is 11. The van der Waals surface area contributed by atoms with E-state index in [-0.39, 0.29) is 5.41 Å². The summed E-state index contributed by atoms with van der Waals surface area (Å²) in [6, 6.07) is 73.2. The van der Waals surface area contributed by atoms with Crippen molar-refractivity contribution in [2.24, 2.45) is 5.92 Å². The average Bonchev–Trinajstić information content (AvgIpc) is 3.54. The van der Waals surface area contributed by atoms with Gasteiger partial charge in [-0.05, 0) is 156 Å². The molecule has 0 N–H and O–H groups in total. The van der Waals surface area contributed by atoms with E-state index < -0.39 is 0 Å². The third-order valence-electron chi connectivity index (χ3n) is 15.0. The second-order valence-corrected chi connectivity index (χ2v) is 18.3. The Kier molecular flexibility index (Phi) is 7.41. The Balaban J connectivity index is 1.02. The van der Waals surface area contributed by atoms with Gasteiger partial charge in [-0.2, -0.15) is 0 Å². The van der Waals surface area contributed by atoms with E-state index in [0.717, 1.165) is 12.8 Å². The molecule has 0 radical (unpaired) electrons. The van der Waals surface area contributed by atoms with Crippen molar-refractivity contribution >= 4 is 64.6 Å². The van der Waals surface area contributed by atoms with Gasteiger partial charge in [-0.15, -0.1) is 0 Å². The zero-order chi connectivity index (χ0) is 40.4. The predicted molar refractivity (Wildman–Crippen MR) is 261 cm³/mol. The quantitative estimate of drug-likeness (QED) is 0.124. The highest BCUT2D eigenvalue weighted by atomic mass is 14.5. The van der Waals surface area contributed by atoms with Gasteiger partial charge in [-0.3, -0.25) is 0 Å². The highest BCUT2D eigenvalue weighted by Gasteiger charge is 2.49. The lowest BCUT2D eigenvalue weighted by Crippen LogP contribution is -2.32. The lowest BCUT2D eigenvalue weighted by Gasteiger charge is -2.37. The number of rotatable bonds is 3. The van der Waals surface area contributed by atoms with E-state index in [4.69, 9.17) is 0 Å². The van der Waals surface area contributed by atoms with Gasteiger partial charge in [0, 0.05) is 0 Å². The zero-order valence-corrected chi connectivity index (χ0v) is 34.5. The summed E-state index contributed by atoms with van der Waals surface area (Å²) in [6.45, 7) is 5.09. The molecule has 0 saturated heterocycles. The number of hydrogen-bond donors (Lipinski definition) is 0. The van der Waals surface area contributed by atoms with Crippen molar-refractivity contribution in [3.8, 4) is 33.4 Å². The van der Waals surface area contributed by atoms with E-state index in [9.17, 15) is 0 Å². The standard InChI is InChI=1S/C61H44/c1-61(2)56-35-53-45-22-8-6-20-43(45)42-19-5-7-21-44(42)52(53)34-55(56)60-47-24-10-9-23-46(47)54(36-57(60)61)59-50-27-13-11-25-48(50)58(49-26-12-14-28-51(49)59)39-32-30-38(31-33-39)41-29-15-17-37-16-3-4-18-40(37)41/h3-33,36,55-56H,34-35H2,1-2H3. The van der Waals surface area contributed by atoms with Crippen molar-refractivity contribution in [2.75, 3.05) is 0 Å². The Bertz CT molecular complexity index is 3560. The lowest BCUT2D eigenvalue weighted by atomic mass is 9.66. The van der Waals surface area contributed by atoms with E-state index in [2.05, 4.69) is 208 Å². The average molecular weight is 777 g/mol. The summed E-state index contributed by atoms with van der Waals surface area (Å²) in [5.41, 5.74) is 14.0. The molecule has 288 valence electrons. The van der Waals surface area contributed by atoms with Gasteiger partial charge in [0.2, 0.25) is 0 Å². The van der Waals surface area contributed by atoms with Crippen LogP contribution in [-0.4, -0.2) is 0 Å². The van der Waals surface area contributed by atoms with E-state index in [0.29, 0.717) is 11.8 Å². The summed E-state index contributed by atoms with van der Waals surface area (Å²) >= 11 is 0. The van der Waals surface area contributed by atoms with Crippen LogP contribution in [0, 0.1) is 5.92 Å². The van der Waals surface area contributed by atoms with Gasteiger partial charge < -0.3 is 0 Å². The molecule has 2 aliphatic rings. The molecule has 13 rings (SSSR count). The van der Waals surface area contributed by atoms with Crippen LogP contribution in [-0.2, 0) is 18.3 Å². The van der Waals surface area contributed by atoms with E-state index in [1.54, 1.807) is 16.7 Å². The molecular weight excluding hydrogens is 733 g/mol. The van der Waals surface area contributed by atoms with Gasteiger partial charge in [0.25, 0.3) is 0 Å². The normalized spacial score (nSPS) is 16.7. The molecule has 0 amide bonds. The summed E-state index contributed by atoms with van der Waals surface area (Å²) in [6.07, 6.45) is 2.17. The lowest BCUT2D eigenvalue weighted by molar-refractivity contribution is 0.288. The Morgan fingerprint density at radius 3 is 1.44 bits per heavy atom. The highest BCUT2D eigenvalue weighted by molar-refractivity contribution is 6.24. The van der Waals surface area contributed by atoms with E-state index >= 15 is 0 Å². The fourth-order valence-electron chi connectivity index (χ4n) is 12.3. The van der Waals surface area contributed by atoms with Gasteiger partial charge >= 0.3 is 0 Å². The first-order valence-corrected chi connectivity index (χ1v) is 22.0. The minimum atomic E-state index is -0.0133. The highest BCUT2D eigenvalue weighted by Crippen LogP contribution is 2.60. The monoisotopic (exact) mass is 776 g/mol. The third kappa shape index (κ3) is 4.94. The second-order valence-electron chi connectivity index (χ2n) is 18.3. The van der Waals surface area contributed by atoms with Crippen LogP contribution in [0.1, 0.15) is 42.0 Å². The maximum absolute atomic E-state index is 2.64. The minimum Gasteiger partial charge on any atom is -0.0616 e. The van der Waals surface area contributed by atoms with Gasteiger partial charge in [-0.25, -0.2) is 0 Å². The minimum absolute atomic E-state index is 0.0133. The van der Waals surface area contributed by atoms with Crippen LogP contribution in [0.5, 0.6) is 0 Å². The summed E-state index contributed by atoms with van der Waals surface area (Å²) < 4.78 is 0. The molecule has 2 aliphatic carbocycles. The van der Waals surface area contributed by atoms with Crippen LogP contribution < -0.4 is 0 Å². The van der Waals surface area contributed by atoms with Crippen molar-refractivity contribution in [1.29, 1.82) is 0 Å². The van der Waals surface area contributed by atoms with Crippen molar-refractivity contribution in [1.82, 2.24) is 0 Å². The molecular formula is C61H44. The van der Waals surface area contributed by atoms with Crippen LogP contribution in [0.25, 0.3) is 98.0 Å². The van der Waals surface area contributed by atoms with Gasteiger partial charge in [0.05, 0.1) is 0 Å². The maximum atomic E-state index is 2.64. The smallest absolute Gasteiger partial charge is 0.00200 e. The fraction of sp³-hybridized carbons (Fsp3) is 0.115. The van der Waals surface area contributed by atoms with Crippen molar-refractivity contribution in [3.63, 3.8) is 0 Å². The van der Waals surface area contributed by atoms with Gasteiger partial charge in [0.1, 0.15) is 0 Å². The molecule has 0 heteroatoms. The van der Waals surface area contributed by atoms with Crippen molar-refractivity contribution < 1.29 is 0 Å². The molecule has 0 bridgehead atoms. The summed E-state index contributed by atoms with van der Waals surface area (Å²) in [7, 11) is 0. The first-order chi connectivity index (χ1) is 30.0. The van der Waals surface area contributed by atoms with Crippen LogP contribution >= 0.6 is 0 Å². The molecule has 0 heterocycles. The largest absolute Gasteiger partial charge is 0.0616 e. The molecule has 2 unspecified atom stereocenters. The van der Waals surface area contributed by atoms with Crippen LogP contribution in [0.2, 0.25) is 0 Å². The molecule has 0 nitrogen and oxygen atoms in total. The topological polar surface area (TPSA) is 0 Å². The fourth-order valence-corrected chi connectivity index (χ4v) is 12.3. The Morgan fingerprint density at radius 1 is 0.361 bits per heavy atom. The molecule has 11 aromatic rings. The van der Waals surface area contributed by atoms with Gasteiger partial charge in [0.15, 0.2) is 0 Å². The van der Waals surface area contributed by atoms with Crippen molar-refractivity contribution in [3.05, 3.63) is 216 Å². The van der Waals surface area contributed by atoms with Crippen LogP contribution in [0.4, 0.5) is 0 Å². The van der Waals surface area contributed by atoms with Crippen LogP contribution in [0.3, 0.4) is 0 Å². The van der Waals surface area contributed by atoms with Crippen LogP contribution in [0.15, 0.2) is 194 Å². The number of hydrogen-bond acceptors (Lipinski definition) is 0. The molecule has 0 fully saturated rings. The summed E-state index contributed by atoms with van der Waals surface area (Å²) in [4.78, 5) is 0. The molecule has 0 aliphatic heterocycles. The summed E-state index contributed by atoms with van der Waals surface area (Å²) in [5.74, 6) is 0.958. The predicted octanol–water partition coefficient (Wildman–Crippen LogP) is 16.4. The Morgan fingerprint density at radius 2 is 0.820 bits per heavy atom. The maximum Gasteiger partial charge on any atom is -0.00200 e. The molecule has 0 aromatic heterocycles. The Hall–Kier alpha value is -7.02. The second kappa shape index (κ2) is 13.0. The molecule has 0 spiro atoms. The van der Waals surface area contributed by atoms with E-state index in [1.165, 1.54) is 104 Å². The SMILES string of the molecule is CC1(C)c2cc(-c3c4ccccc4c(-c4ccc(-c5cccc6ccccc56)cc4)c4ccccc34)c3ccccc3c2C2Cc3c(c4ccccc4c4ccccc34)CC21.